The first-order valence-electron chi connectivity index (χ1n) is 12.9. The van der Waals surface area contributed by atoms with Crippen molar-refractivity contribution in [3.63, 3.8) is 0 Å². The van der Waals surface area contributed by atoms with Crippen molar-refractivity contribution in [2.24, 2.45) is 0 Å². The van der Waals surface area contributed by atoms with E-state index in [-0.39, 0.29) is 11.5 Å². The van der Waals surface area contributed by atoms with Crippen LogP contribution < -0.4 is 14.8 Å². The Morgan fingerprint density at radius 1 is 1.06 bits per heavy atom. The van der Waals surface area contributed by atoms with E-state index in [2.05, 4.69) is 41.7 Å². The van der Waals surface area contributed by atoms with Crippen molar-refractivity contribution < 1.29 is 14.3 Å². The van der Waals surface area contributed by atoms with Gasteiger partial charge in [0.25, 0.3) is 5.91 Å². The summed E-state index contributed by atoms with van der Waals surface area (Å²) in [7, 11) is 0. The van der Waals surface area contributed by atoms with Crippen LogP contribution in [0.1, 0.15) is 73.9 Å². The summed E-state index contributed by atoms with van der Waals surface area (Å²) >= 11 is 0. The Bertz CT molecular complexity index is 1040. The van der Waals surface area contributed by atoms with Crippen LogP contribution in [0.2, 0.25) is 0 Å². The highest BCUT2D eigenvalue weighted by molar-refractivity contribution is 5.95. The first kappa shape index (κ1) is 23.0. The van der Waals surface area contributed by atoms with E-state index >= 15 is 0 Å². The number of amides is 1. The molecule has 1 amide bonds. The Labute approximate surface area is 203 Å². The first-order valence-corrected chi connectivity index (χ1v) is 12.9. The minimum Gasteiger partial charge on any atom is -0.490 e. The lowest BCUT2D eigenvalue weighted by molar-refractivity contribution is 0.0772. The lowest BCUT2D eigenvalue weighted by atomic mass is 9.83. The lowest BCUT2D eigenvalue weighted by Gasteiger charge is -2.40. The fourth-order valence-corrected chi connectivity index (χ4v) is 5.49. The van der Waals surface area contributed by atoms with Gasteiger partial charge in [0.2, 0.25) is 0 Å². The average molecular weight is 461 g/mol. The number of hydrogen-bond donors (Lipinski definition) is 1. The molecule has 0 unspecified atom stereocenters. The van der Waals surface area contributed by atoms with Crippen LogP contribution in [0.15, 0.2) is 48.5 Å². The molecule has 180 valence electrons. The Kier molecular flexibility index (Phi) is 6.64. The molecule has 0 atom stereocenters. The third-order valence-corrected chi connectivity index (χ3v) is 7.51. The molecule has 3 aliphatic rings. The number of rotatable bonds is 6. The van der Waals surface area contributed by atoms with Crippen molar-refractivity contribution in [2.75, 3.05) is 26.2 Å². The molecule has 5 heteroatoms. The van der Waals surface area contributed by atoms with E-state index in [0.717, 1.165) is 67.0 Å². The maximum atomic E-state index is 12.8. The average Bonchev–Trinajstić information content (AvgIpc) is 3.38. The molecule has 2 aromatic carbocycles. The van der Waals surface area contributed by atoms with Gasteiger partial charge < -0.3 is 19.7 Å². The maximum Gasteiger partial charge on any atom is 0.253 e. The highest BCUT2D eigenvalue weighted by atomic mass is 16.5. The van der Waals surface area contributed by atoms with Crippen molar-refractivity contribution in [1.29, 1.82) is 0 Å². The molecule has 1 saturated carbocycles. The fourth-order valence-electron chi connectivity index (χ4n) is 5.49. The predicted molar refractivity (Wildman–Crippen MR) is 136 cm³/mol. The second-order valence-electron chi connectivity index (χ2n) is 9.71. The molecule has 5 nitrogen and oxygen atoms in total. The molecule has 2 heterocycles. The highest BCUT2D eigenvalue weighted by Gasteiger charge is 2.37. The van der Waals surface area contributed by atoms with E-state index in [9.17, 15) is 4.79 Å². The van der Waals surface area contributed by atoms with Crippen LogP contribution in [0.4, 0.5) is 0 Å². The number of hydrogen-bond acceptors (Lipinski definition) is 4. The molecule has 1 N–H and O–H groups in total. The van der Waals surface area contributed by atoms with Crippen LogP contribution in [0.5, 0.6) is 11.5 Å². The van der Waals surface area contributed by atoms with Gasteiger partial charge in [-0.05, 0) is 100 Å². The summed E-state index contributed by atoms with van der Waals surface area (Å²) in [6.45, 7) is 7.35. The van der Waals surface area contributed by atoms with Crippen molar-refractivity contribution in [2.45, 2.75) is 64.1 Å². The Morgan fingerprint density at radius 2 is 1.76 bits per heavy atom. The van der Waals surface area contributed by atoms with Gasteiger partial charge in [0.1, 0.15) is 17.1 Å². The number of carbonyl (C=O) groups excluding carboxylic acids is 1. The summed E-state index contributed by atoms with van der Waals surface area (Å²) < 4.78 is 12.9. The van der Waals surface area contributed by atoms with Gasteiger partial charge in [-0.1, -0.05) is 12.1 Å². The molecule has 0 aromatic heterocycles. The van der Waals surface area contributed by atoms with E-state index in [1.54, 1.807) is 0 Å². The number of nitrogens with zero attached hydrogens (tertiary/aromatic N) is 1. The quantitative estimate of drug-likeness (QED) is 0.624. The molecule has 2 fully saturated rings. The van der Waals surface area contributed by atoms with Crippen molar-refractivity contribution in [3.05, 3.63) is 65.2 Å². The van der Waals surface area contributed by atoms with E-state index in [1.807, 2.05) is 30.9 Å². The number of fused-ring (bicyclic) bond motifs is 1. The van der Waals surface area contributed by atoms with Crippen LogP contribution in [-0.4, -0.2) is 48.7 Å². The summed E-state index contributed by atoms with van der Waals surface area (Å²) in [4.78, 5) is 14.7. The Balaban J connectivity index is 1.50. The van der Waals surface area contributed by atoms with Gasteiger partial charge >= 0.3 is 0 Å². The Morgan fingerprint density at radius 3 is 2.44 bits per heavy atom. The SMILES string of the molecule is CCN(CC)C(=O)c1ccc(C2=CC3(CCNCC3)Oc3ccc(OC4CCCC4)cc32)cc1. The van der Waals surface area contributed by atoms with Crippen LogP contribution in [-0.2, 0) is 0 Å². The van der Waals surface area contributed by atoms with Crippen LogP contribution >= 0.6 is 0 Å². The van der Waals surface area contributed by atoms with Crippen molar-refractivity contribution in [1.82, 2.24) is 10.2 Å². The highest BCUT2D eigenvalue weighted by Crippen LogP contribution is 2.44. The zero-order valence-electron chi connectivity index (χ0n) is 20.4. The summed E-state index contributed by atoms with van der Waals surface area (Å²) in [5.74, 6) is 1.91. The number of benzene rings is 2. The van der Waals surface area contributed by atoms with Crippen LogP contribution in [0, 0.1) is 0 Å². The molecule has 0 radical (unpaired) electrons. The van der Waals surface area contributed by atoms with Gasteiger partial charge in [0.15, 0.2) is 0 Å². The van der Waals surface area contributed by atoms with Gasteiger partial charge in [0.05, 0.1) is 6.10 Å². The fraction of sp³-hybridized carbons (Fsp3) is 0.483. The molecule has 5 rings (SSSR count). The van der Waals surface area contributed by atoms with Gasteiger partial charge in [-0.3, -0.25) is 4.79 Å². The Hall–Kier alpha value is -2.79. The number of piperidine rings is 1. The summed E-state index contributed by atoms with van der Waals surface area (Å²) in [6, 6.07) is 14.4. The third-order valence-electron chi connectivity index (χ3n) is 7.51. The van der Waals surface area contributed by atoms with Gasteiger partial charge in [-0.15, -0.1) is 0 Å². The second kappa shape index (κ2) is 9.83. The topological polar surface area (TPSA) is 50.8 Å². The van der Waals surface area contributed by atoms with E-state index < -0.39 is 0 Å². The first-order chi connectivity index (χ1) is 16.6. The van der Waals surface area contributed by atoms with E-state index in [1.165, 1.54) is 18.4 Å². The molecule has 1 spiro atoms. The zero-order valence-corrected chi connectivity index (χ0v) is 20.4. The van der Waals surface area contributed by atoms with Gasteiger partial charge in [0, 0.05) is 37.1 Å². The number of carbonyl (C=O) groups is 1. The number of ether oxygens (including phenoxy) is 2. The third kappa shape index (κ3) is 4.58. The second-order valence-corrected chi connectivity index (χ2v) is 9.71. The zero-order chi connectivity index (χ0) is 23.5. The van der Waals surface area contributed by atoms with Gasteiger partial charge in [-0.2, -0.15) is 0 Å². The summed E-state index contributed by atoms with van der Waals surface area (Å²) in [6.07, 6.45) is 9.28. The molecule has 34 heavy (non-hydrogen) atoms. The largest absolute Gasteiger partial charge is 0.490 e. The molecule has 2 aliphatic heterocycles. The maximum absolute atomic E-state index is 12.8. The predicted octanol–water partition coefficient (Wildman–Crippen LogP) is 5.44. The van der Waals surface area contributed by atoms with Crippen molar-refractivity contribution in [3.8, 4) is 11.5 Å². The van der Waals surface area contributed by atoms with E-state index in [4.69, 9.17) is 9.47 Å². The number of nitrogens with one attached hydrogen (secondary N) is 1. The summed E-state index contributed by atoms with van der Waals surface area (Å²) in [5, 5.41) is 3.45. The molecule has 1 aliphatic carbocycles. The lowest BCUT2D eigenvalue weighted by Crippen LogP contribution is -2.46. The summed E-state index contributed by atoms with van der Waals surface area (Å²) in [5.41, 5.74) is 3.79. The molecular weight excluding hydrogens is 424 g/mol. The van der Waals surface area contributed by atoms with Crippen LogP contribution in [0.3, 0.4) is 0 Å². The molecule has 2 aromatic rings. The smallest absolute Gasteiger partial charge is 0.253 e. The minimum absolute atomic E-state index is 0.0833. The molecule has 1 saturated heterocycles. The monoisotopic (exact) mass is 460 g/mol. The molecule has 0 bridgehead atoms. The standard InChI is InChI=1S/C29H36N2O3/c1-3-31(4-2)28(32)22-11-9-21(10-12-22)26-20-29(15-17-30-18-16-29)34-27-14-13-24(19-25(26)27)33-23-7-5-6-8-23/h9-14,19-20,23,30H,3-8,15-18H2,1-2H3. The minimum atomic E-state index is -0.295. The molecular formula is C29H36N2O3. The van der Waals surface area contributed by atoms with E-state index in [0.29, 0.717) is 19.2 Å². The van der Waals surface area contributed by atoms with Crippen LogP contribution in [0.25, 0.3) is 5.57 Å². The normalized spacial score (nSPS) is 19.3. The van der Waals surface area contributed by atoms with Gasteiger partial charge in [-0.25, -0.2) is 0 Å². The van der Waals surface area contributed by atoms with Crippen molar-refractivity contribution >= 4 is 11.5 Å².